The minimum absolute atomic E-state index is 0.439. The van der Waals surface area contributed by atoms with Gasteiger partial charge in [0.25, 0.3) is 0 Å². The maximum Gasteiger partial charge on any atom is 0.107 e. The lowest BCUT2D eigenvalue weighted by Crippen LogP contribution is -2.10. The van der Waals surface area contributed by atoms with Crippen molar-refractivity contribution in [2.75, 3.05) is 0 Å². The molecule has 0 fully saturated rings. The fourth-order valence-electron chi connectivity index (χ4n) is 1.41. The van der Waals surface area contributed by atoms with E-state index in [2.05, 4.69) is 26.1 Å². The first kappa shape index (κ1) is 12.1. The fraction of sp³-hybridized carbons (Fsp3) is 0.0909. The largest absolute Gasteiger partial charge is 0.411 e. The molecule has 0 aliphatic rings. The van der Waals surface area contributed by atoms with Gasteiger partial charge in [-0.15, -0.1) is 0 Å². The Labute approximate surface area is 112 Å². The molecular weight excluding hydrogens is 305 g/mol. The van der Waals surface area contributed by atoms with Gasteiger partial charge in [-0.05, 0) is 28.1 Å². The van der Waals surface area contributed by atoms with Gasteiger partial charge in [0.2, 0.25) is 0 Å². The summed E-state index contributed by atoms with van der Waals surface area (Å²) in [6, 6.07) is 5.40. The lowest BCUT2D eigenvalue weighted by molar-refractivity contribution is 0.317. The van der Waals surface area contributed by atoms with E-state index in [9.17, 15) is 0 Å². The average Bonchev–Trinajstić information content (AvgIpc) is 2.82. The second-order valence-corrected chi connectivity index (χ2v) is 4.67. The second-order valence-electron chi connectivity index (χ2n) is 3.41. The van der Waals surface area contributed by atoms with E-state index < -0.39 is 0 Å². The van der Waals surface area contributed by atoms with Crippen LogP contribution in [0.1, 0.15) is 5.56 Å². The number of oxime groups is 1. The quantitative estimate of drug-likeness (QED) is 0.537. The molecule has 0 spiro atoms. The van der Waals surface area contributed by atoms with Crippen LogP contribution in [0.15, 0.2) is 46.5 Å². The van der Waals surface area contributed by atoms with Crippen molar-refractivity contribution in [3.63, 3.8) is 0 Å². The third kappa shape index (κ3) is 2.87. The summed E-state index contributed by atoms with van der Waals surface area (Å²) in [4.78, 5) is 3.93. The van der Waals surface area contributed by atoms with E-state index in [0.717, 1.165) is 10.0 Å². The highest BCUT2D eigenvalue weighted by Crippen LogP contribution is 2.23. The molecule has 1 aromatic heterocycles. The molecule has 17 heavy (non-hydrogen) atoms. The van der Waals surface area contributed by atoms with Crippen LogP contribution in [0.4, 0.5) is 0 Å². The van der Waals surface area contributed by atoms with Crippen molar-refractivity contribution >= 4 is 33.2 Å². The van der Waals surface area contributed by atoms with Gasteiger partial charge in [-0.25, -0.2) is 4.98 Å². The number of benzene rings is 1. The van der Waals surface area contributed by atoms with E-state index >= 15 is 0 Å². The van der Waals surface area contributed by atoms with E-state index in [1.165, 1.54) is 0 Å². The van der Waals surface area contributed by atoms with Crippen molar-refractivity contribution < 1.29 is 5.21 Å². The van der Waals surface area contributed by atoms with Crippen LogP contribution in [-0.4, -0.2) is 20.5 Å². The van der Waals surface area contributed by atoms with Crippen LogP contribution < -0.4 is 0 Å². The summed E-state index contributed by atoms with van der Waals surface area (Å²) < 4.78 is 2.62. The molecule has 6 heteroatoms. The monoisotopic (exact) mass is 313 g/mol. The fourth-order valence-corrected chi connectivity index (χ4v) is 1.84. The number of nitrogens with zero attached hydrogens (tertiary/aromatic N) is 3. The number of hydrogen-bond donors (Lipinski definition) is 1. The Balaban J connectivity index is 2.27. The van der Waals surface area contributed by atoms with E-state index in [1.54, 1.807) is 24.8 Å². The lowest BCUT2D eigenvalue weighted by Gasteiger charge is -2.06. The minimum Gasteiger partial charge on any atom is -0.411 e. The van der Waals surface area contributed by atoms with Gasteiger partial charge >= 0.3 is 0 Å². The summed E-state index contributed by atoms with van der Waals surface area (Å²) >= 11 is 9.31. The molecule has 0 amide bonds. The number of hydrogen-bond acceptors (Lipinski definition) is 3. The van der Waals surface area contributed by atoms with Gasteiger partial charge in [0.05, 0.1) is 17.9 Å². The Morgan fingerprint density at radius 1 is 1.53 bits per heavy atom. The molecule has 88 valence electrons. The molecule has 0 radical (unpaired) electrons. The molecule has 0 unspecified atom stereocenters. The van der Waals surface area contributed by atoms with Crippen LogP contribution in [0.2, 0.25) is 5.02 Å². The van der Waals surface area contributed by atoms with E-state index in [1.807, 2.05) is 16.7 Å². The molecule has 1 aromatic carbocycles. The molecule has 0 atom stereocenters. The molecule has 1 heterocycles. The summed E-state index contributed by atoms with van der Waals surface area (Å²) in [6.45, 7) is 0.439. The van der Waals surface area contributed by atoms with Crippen molar-refractivity contribution in [3.05, 3.63) is 52.0 Å². The Morgan fingerprint density at radius 3 is 2.94 bits per heavy atom. The summed E-state index contributed by atoms with van der Waals surface area (Å²) in [6.07, 6.45) is 5.13. The van der Waals surface area contributed by atoms with Gasteiger partial charge in [0.1, 0.15) is 5.71 Å². The maximum absolute atomic E-state index is 9.04. The van der Waals surface area contributed by atoms with Crippen LogP contribution in [0.25, 0.3) is 0 Å². The topological polar surface area (TPSA) is 50.4 Å². The molecule has 0 saturated heterocycles. The van der Waals surface area contributed by atoms with Gasteiger partial charge in [0, 0.05) is 22.4 Å². The highest BCUT2D eigenvalue weighted by molar-refractivity contribution is 9.10. The first-order valence-electron chi connectivity index (χ1n) is 4.83. The Kier molecular flexibility index (Phi) is 3.81. The van der Waals surface area contributed by atoms with Crippen molar-refractivity contribution in [2.45, 2.75) is 6.54 Å². The predicted octanol–water partition coefficient (Wildman–Crippen LogP) is 3.18. The van der Waals surface area contributed by atoms with Crippen molar-refractivity contribution in [2.24, 2.45) is 5.16 Å². The number of aromatic nitrogens is 2. The highest BCUT2D eigenvalue weighted by atomic mass is 79.9. The molecular formula is C11H9BrClN3O. The zero-order chi connectivity index (χ0) is 12.3. The summed E-state index contributed by atoms with van der Waals surface area (Å²) in [5.74, 6) is 0. The SMILES string of the molecule is O/N=C(\Cn1ccnc1)c1ccc(Br)c(Cl)c1. The molecule has 0 aliphatic heterocycles. The maximum atomic E-state index is 9.04. The molecule has 1 N–H and O–H groups in total. The number of imidazole rings is 1. The third-order valence-electron chi connectivity index (χ3n) is 2.27. The van der Waals surface area contributed by atoms with E-state index in [0.29, 0.717) is 17.3 Å². The van der Waals surface area contributed by atoms with Crippen LogP contribution in [0, 0.1) is 0 Å². The predicted molar refractivity (Wildman–Crippen MR) is 69.7 cm³/mol. The third-order valence-corrected chi connectivity index (χ3v) is 3.50. The van der Waals surface area contributed by atoms with Crippen molar-refractivity contribution in [3.8, 4) is 0 Å². The first-order chi connectivity index (χ1) is 8.20. The Bertz CT molecular complexity index is 540. The summed E-state index contributed by atoms with van der Waals surface area (Å²) in [5.41, 5.74) is 1.30. The number of halogens is 2. The van der Waals surface area contributed by atoms with Gasteiger partial charge < -0.3 is 9.77 Å². The van der Waals surface area contributed by atoms with Crippen LogP contribution >= 0.6 is 27.5 Å². The van der Waals surface area contributed by atoms with Gasteiger partial charge in [-0.1, -0.05) is 22.8 Å². The zero-order valence-corrected chi connectivity index (χ0v) is 11.1. The van der Waals surface area contributed by atoms with Crippen molar-refractivity contribution in [1.82, 2.24) is 9.55 Å². The van der Waals surface area contributed by atoms with Gasteiger partial charge in [-0.2, -0.15) is 0 Å². The zero-order valence-electron chi connectivity index (χ0n) is 8.72. The summed E-state index contributed by atoms with van der Waals surface area (Å²) in [5, 5.41) is 12.9. The van der Waals surface area contributed by atoms with E-state index in [4.69, 9.17) is 16.8 Å². The molecule has 0 saturated carbocycles. The van der Waals surface area contributed by atoms with Gasteiger partial charge in [-0.3, -0.25) is 0 Å². The normalized spacial score (nSPS) is 11.8. The standard InChI is InChI=1S/C11H9BrClN3O/c12-9-2-1-8(5-10(9)13)11(15-17)6-16-4-3-14-7-16/h1-5,7,17H,6H2/b15-11+. The molecule has 0 bridgehead atoms. The average molecular weight is 315 g/mol. The molecule has 4 nitrogen and oxygen atoms in total. The van der Waals surface area contributed by atoms with Crippen LogP contribution in [-0.2, 0) is 6.54 Å². The summed E-state index contributed by atoms with van der Waals surface area (Å²) in [7, 11) is 0. The Morgan fingerprint density at radius 2 is 2.35 bits per heavy atom. The van der Waals surface area contributed by atoms with Crippen molar-refractivity contribution in [1.29, 1.82) is 0 Å². The highest BCUT2D eigenvalue weighted by Gasteiger charge is 2.07. The van der Waals surface area contributed by atoms with Crippen LogP contribution in [0.3, 0.4) is 0 Å². The smallest absolute Gasteiger partial charge is 0.107 e. The van der Waals surface area contributed by atoms with E-state index in [-0.39, 0.29) is 0 Å². The van der Waals surface area contributed by atoms with Gasteiger partial charge in [0.15, 0.2) is 0 Å². The molecule has 2 rings (SSSR count). The second kappa shape index (κ2) is 5.33. The lowest BCUT2D eigenvalue weighted by atomic mass is 10.1. The number of rotatable bonds is 3. The minimum atomic E-state index is 0.439. The molecule has 0 aliphatic carbocycles. The van der Waals surface area contributed by atoms with Crippen LogP contribution in [0.5, 0.6) is 0 Å². The Hall–Kier alpha value is -1.33. The molecule has 2 aromatic rings. The first-order valence-corrected chi connectivity index (χ1v) is 6.00.